The molecule has 27 heavy (non-hydrogen) atoms. The van der Waals surface area contributed by atoms with Crippen LogP contribution in [0.5, 0.6) is 5.75 Å². The number of aromatic hydroxyl groups is 1. The monoisotopic (exact) mass is 381 g/mol. The van der Waals surface area contributed by atoms with Crippen molar-refractivity contribution >= 4 is 0 Å². The summed E-state index contributed by atoms with van der Waals surface area (Å²) in [7, 11) is 0. The fourth-order valence-electron chi connectivity index (χ4n) is 2.45. The van der Waals surface area contributed by atoms with E-state index >= 15 is 0 Å². The zero-order valence-corrected chi connectivity index (χ0v) is 16.5. The summed E-state index contributed by atoms with van der Waals surface area (Å²) in [6.07, 6.45) is -4.55. The molecular formula is C20H26F3N3O. The maximum atomic E-state index is 12.7. The number of hydrogen-bond acceptors (Lipinski definition) is 4. The van der Waals surface area contributed by atoms with E-state index in [1.54, 1.807) is 6.07 Å². The van der Waals surface area contributed by atoms with Crippen molar-refractivity contribution in [3.63, 3.8) is 0 Å². The highest BCUT2D eigenvalue weighted by Gasteiger charge is 2.33. The van der Waals surface area contributed by atoms with Crippen LogP contribution in [-0.4, -0.2) is 20.8 Å². The first-order valence-corrected chi connectivity index (χ1v) is 8.71. The van der Waals surface area contributed by atoms with Gasteiger partial charge < -0.3 is 10.4 Å². The molecule has 0 saturated heterocycles. The zero-order chi connectivity index (χ0) is 20.6. The second-order valence-corrected chi connectivity index (χ2v) is 8.69. The van der Waals surface area contributed by atoms with Gasteiger partial charge in [0, 0.05) is 23.2 Å². The molecule has 0 atom stereocenters. The molecule has 0 aliphatic carbocycles. The molecule has 7 heteroatoms. The topological polar surface area (TPSA) is 58.0 Å². The first-order chi connectivity index (χ1) is 12.2. The molecule has 2 N–H and O–H groups in total. The Labute approximate surface area is 157 Å². The van der Waals surface area contributed by atoms with E-state index in [2.05, 4.69) is 15.5 Å². The van der Waals surface area contributed by atoms with Crippen molar-refractivity contribution in [1.29, 1.82) is 0 Å². The van der Waals surface area contributed by atoms with Crippen molar-refractivity contribution in [2.45, 2.75) is 65.2 Å². The number of alkyl halides is 3. The average molecular weight is 381 g/mol. The minimum atomic E-state index is -4.55. The van der Waals surface area contributed by atoms with E-state index in [-0.39, 0.29) is 22.4 Å². The molecule has 0 fully saturated rings. The number of benzene rings is 1. The van der Waals surface area contributed by atoms with Gasteiger partial charge in [0.05, 0.1) is 5.69 Å². The summed E-state index contributed by atoms with van der Waals surface area (Å²) in [5, 5.41) is 21.0. The van der Waals surface area contributed by atoms with E-state index in [1.165, 1.54) is 6.07 Å². The van der Waals surface area contributed by atoms with Crippen LogP contribution in [0.3, 0.4) is 0 Å². The third-order valence-electron chi connectivity index (χ3n) is 4.09. The van der Waals surface area contributed by atoms with Gasteiger partial charge in [-0.1, -0.05) is 26.8 Å². The SMILES string of the molecule is CC(C)(C)NCc1cc(C(C)(C)C)cc(-c2ccc(C(F)(F)F)nn2)c1O. The third-order valence-corrected chi connectivity index (χ3v) is 4.09. The van der Waals surface area contributed by atoms with E-state index in [1.807, 2.05) is 47.6 Å². The summed E-state index contributed by atoms with van der Waals surface area (Å²) < 4.78 is 38.2. The number of phenolic OH excluding ortho intramolecular Hbond substituents is 1. The summed E-state index contributed by atoms with van der Waals surface area (Å²) in [6.45, 7) is 12.5. The standard InChI is InChI=1S/C20H26F3N3O/c1-18(2,3)13-9-12(11-24-19(4,5)6)17(27)14(10-13)15-7-8-16(26-25-15)20(21,22)23/h7-10,24,27H,11H2,1-6H3. The van der Waals surface area contributed by atoms with Gasteiger partial charge in [0.15, 0.2) is 5.69 Å². The number of nitrogens with zero attached hydrogens (tertiary/aromatic N) is 2. The van der Waals surface area contributed by atoms with Crippen molar-refractivity contribution in [3.05, 3.63) is 41.1 Å². The van der Waals surface area contributed by atoms with Gasteiger partial charge in [-0.25, -0.2) is 0 Å². The fraction of sp³-hybridized carbons (Fsp3) is 0.500. The average Bonchev–Trinajstić information content (AvgIpc) is 2.51. The van der Waals surface area contributed by atoms with Crippen LogP contribution < -0.4 is 5.32 Å². The number of phenols is 1. The highest BCUT2D eigenvalue weighted by atomic mass is 19.4. The quantitative estimate of drug-likeness (QED) is 0.781. The van der Waals surface area contributed by atoms with Gasteiger partial charge in [-0.2, -0.15) is 13.2 Å². The van der Waals surface area contributed by atoms with Crippen LogP contribution in [0.15, 0.2) is 24.3 Å². The van der Waals surface area contributed by atoms with Gasteiger partial charge in [0.25, 0.3) is 0 Å². The molecule has 0 aliphatic heterocycles. The number of halogens is 3. The zero-order valence-electron chi connectivity index (χ0n) is 16.5. The van der Waals surface area contributed by atoms with E-state index in [0.717, 1.165) is 11.6 Å². The molecule has 0 bridgehead atoms. The summed E-state index contributed by atoms with van der Waals surface area (Å²) in [4.78, 5) is 0. The van der Waals surface area contributed by atoms with Gasteiger partial charge in [0.2, 0.25) is 0 Å². The predicted octanol–water partition coefficient (Wildman–Crippen LogP) is 5.05. The molecule has 1 aromatic carbocycles. The third kappa shape index (κ3) is 5.42. The van der Waals surface area contributed by atoms with Gasteiger partial charge in [0.1, 0.15) is 5.75 Å². The summed E-state index contributed by atoms with van der Waals surface area (Å²) in [5.41, 5.74) is 0.749. The Kier molecular flexibility index (Phi) is 5.57. The molecule has 0 radical (unpaired) electrons. The molecule has 0 saturated carbocycles. The maximum Gasteiger partial charge on any atom is 0.435 e. The minimum Gasteiger partial charge on any atom is -0.507 e. The Hall–Kier alpha value is -2.15. The molecule has 0 amide bonds. The Morgan fingerprint density at radius 2 is 1.59 bits per heavy atom. The van der Waals surface area contributed by atoms with Gasteiger partial charge in [-0.05, 0) is 49.9 Å². The van der Waals surface area contributed by atoms with E-state index in [4.69, 9.17) is 0 Å². The van der Waals surface area contributed by atoms with Gasteiger partial charge in [-0.3, -0.25) is 0 Å². The molecule has 2 rings (SSSR count). The fourth-order valence-corrected chi connectivity index (χ4v) is 2.45. The second kappa shape index (κ2) is 7.11. The molecule has 1 aromatic heterocycles. The number of hydrogen-bond donors (Lipinski definition) is 2. The summed E-state index contributed by atoms with van der Waals surface area (Å²) >= 11 is 0. The first kappa shape index (κ1) is 21.2. The number of rotatable bonds is 3. The Balaban J connectivity index is 2.54. The van der Waals surface area contributed by atoms with Crippen molar-refractivity contribution in [1.82, 2.24) is 15.5 Å². The first-order valence-electron chi connectivity index (χ1n) is 8.71. The molecule has 1 heterocycles. The van der Waals surface area contributed by atoms with Gasteiger partial charge in [-0.15, -0.1) is 10.2 Å². The Morgan fingerprint density at radius 3 is 2.04 bits per heavy atom. The van der Waals surface area contributed by atoms with Crippen LogP contribution in [0.2, 0.25) is 0 Å². The lowest BCUT2D eigenvalue weighted by atomic mass is 9.84. The van der Waals surface area contributed by atoms with Crippen molar-refractivity contribution in [2.24, 2.45) is 0 Å². The minimum absolute atomic E-state index is 0.00573. The van der Waals surface area contributed by atoms with Crippen LogP contribution in [0.4, 0.5) is 13.2 Å². The van der Waals surface area contributed by atoms with Crippen molar-refractivity contribution < 1.29 is 18.3 Å². The van der Waals surface area contributed by atoms with Gasteiger partial charge >= 0.3 is 6.18 Å². The molecular weight excluding hydrogens is 355 g/mol. The van der Waals surface area contributed by atoms with Crippen LogP contribution in [0.1, 0.15) is 58.4 Å². The van der Waals surface area contributed by atoms with Crippen molar-refractivity contribution in [2.75, 3.05) is 0 Å². The van der Waals surface area contributed by atoms with Crippen LogP contribution in [0.25, 0.3) is 11.3 Å². The summed E-state index contributed by atoms with van der Waals surface area (Å²) in [6, 6.07) is 5.78. The van der Waals surface area contributed by atoms with Crippen LogP contribution >= 0.6 is 0 Å². The van der Waals surface area contributed by atoms with Crippen LogP contribution in [-0.2, 0) is 18.1 Å². The Morgan fingerprint density at radius 1 is 0.963 bits per heavy atom. The molecule has 0 spiro atoms. The lowest BCUT2D eigenvalue weighted by molar-refractivity contribution is -0.141. The Bertz CT molecular complexity index is 801. The van der Waals surface area contributed by atoms with E-state index in [0.29, 0.717) is 17.7 Å². The largest absolute Gasteiger partial charge is 0.507 e. The highest BCUT2D eigenvalue weighted by Crippen LogP contribution is 2.37. The second-order valence-electron chi connectivity index (χ2n) is 8.69. The lowest BCUT2D eigenvalue weighted by Gasteiger charge is -2.25. The summed E-state index contributed by atoms with van der Waals surface area (Å²) in [5.74, 6) is -0.00573. The number of aromatic nitrogens is 2. The van der Waals surface area contributed by atoms with E-state index < -0.39 is 11.9 Å². The van der Waals surface area contributed by atoms with Crippen molar-refractivity contribution in [3.8, 4) is 17.0 Å². The highest BCUT2D eigenvalue weighted by molar-refractivity contribution is 5.70. The molecule has 148 valence electrons. The molecule has 0 aliphatic rings. The molecule has 0 unspecified atom stereocenters. The predicted molar refractivity (Wildman–Crippen MR) is 99.4 cm³/mol. The smallest absolute Gasteiger partial charge is 0.435 e. The van der Waals surface area contributed by atoms with E-state index in [9.17, 15) is 18.3 Å². The lowest BCUT2D eigenvalue weighted by Crippen LogP contribution is -2.35. The van der Waals surface area contributed by atoms with Crippen LogP contribution in [0, 0.1) is 0 Å². The molecule has 4 nitrogen and oxygen atoms in total. The molecule has 2 aromatic rings. The maximum absolute atomic E-state index is 12.7. The number of nitrogens with one attached hydrogen (secondary N) is 1. The normalized spacial score (nSPS) is 13.1.